The van der Waals surface area contributed by atoms with Crippen LogP contribution >= 0.6 is 0 Å². The first-order valence-electron chi connectivity index (χ1n) is 6.96. The van der Waals surface area contributed by atoms with Gasteiger partial charge in [-0.25, -0.2) is 0 Å². The molecule has 0 N–H and O–H groups in total. The summed E-state index contributed by atoms with van der Waals surface area (Å²) in [7, 11) is 1.60. The lowest BCUT2D eigenvalue weighted by Gasteiger charge is -2.37. The zero-order valence-corrected chi connectivity index (χ0v) is 12.4. The molecule has 4 nitrogen and oxygen atoms in total. The van der Waals surface area contributed by atoms with Crippen LogP contribution in [0.2, 0.25) is 0 Å². The SMILES string of the molecule is C=CCO[C@@H]1C(=C)CO[C@@H](OC)[C@H]1OCc1ccccc1. The quantitative estimate of drug-likeness (QED) is 0.724. The summed E-state index contributed by atoms with van der Waals surface area (Å²) in [5, 5.41) is 0. The monoisotopic (exact) mass is 290 g/mol. The van der Waals surface area contributed by atoms with Crippen LogP contribution in [0.4, 0.5) is 0 Å². The van der Waals surface area contributed by atoms with Gasteiger partial charge >= 0.3 is 0 Å². The molecule has 1 aromatic rings. The smallest absolute Gasteiger partial charge is 0.186 e. The van der Waals surface area contributed by atoms with E-state index in [-0.39, 0.29) is 12.2 Å². The van der Waals surface area contributed by atoms with Crippen molar-refractivity contribution in [3.05, 3.63) is 60.7 Å². The molecule has 1 fully saturated rings. The van der Waals surface area contributed by atoms with E-state index in [2.05, 4.69) is 13.2 Å². The van der Waals surface area contributed by atoms with Crippen molar-refractivity contribution in [2.45, 2.75) is 25.1 Å². The number of methoxy groups -OCH3 is 1. The molecule has 2 rings (SSSR count). The molecule has 0 bridgehead atoms. The average molecular weight is 290 g/mol. The Bertz CT molecular complexity index is 457. The molecule has 0 amide bonds. The number of ether oxygens (including phenoxy) is 4. The highest BCUT2D eigenvalue weighted by molar-refractivity contribution is 5.14. The Labute approximate surface area is 126 Å². The molecule has 21 heavy (non-hydrogen) atoms. The molecule has 114 valence electrons. The number of benzene rings is 1. The van der Waals surface area contributed by atoms with Gasteiger partial charge in [0.05, 0.1) is 19.8 Å². The van der Waals surface area contributed by atoms with Gasteiger partial charge in [-0.2, -0.15) is 0 Å². The summed E-state index contributed by atoms with van der Waals surface area (Å²) in [6.45, 7) is 8.98. The van der Waals surface area contributed by atoms with Crippen LogP contribution in [0.1, 0.15) is 5.56 Å². The third kappa shape index (κ3) is 4.25. The molecular weight excluding hydrogens is 268 g/mol. The van der Waals surface area contributed by atoms with Crippen LogP contribution in [0.5, 0.6) is 0 Å². The molecule has 1 heterocycles. The highest BCUT2D eigenvalue weighted by Crippen LogP contribution is 2.25. The Morgan fingerprint density at radius 2 is 2.05 bits per heavy atom. The lowest BCUT2D eigenvalue weighted by molar-refractivity contribution is -0.238. The molecule has 0 unspecified atom stereocenters. The molecule has 0 aromatic heterocycles. The fourth-order valence-corrected chi connectivity index (χ4v) is 2.26. The minimum atomic E-state index is -0.464. The summed E-state index contributed by atoms with van der Waals surface area (Å²) in [5.74, 6) is 0. The van der Waals surface area contributed by atoms with E-state index in [1.165, 1.54) is 0 Å². The fraction of sp³-hybridized carbons (Fsp3) is 0.412. The first-order valence-corrected chi connectivity index (χ1v) is 6.96. The highest BCUT2D eigenvalue weighted by atomic mass is 16.7. The summed E-state index contributed by atoms with van der Waals surface area (Å²) in [6, 6.07) is 9.96. The fourth-order valence-electron chi connectivity index (χ4n) is 2.26. The average Bonchev–Trinajstić information content (AvgIpc) is 2.53. The first-order chi connectivity index (χ1) is 10.3. The van der Waals surface area contributed by atoms with Crippen molar-refractivity contribution >= 4 is 0 Å². The van der Waals surface area contributed by atoms with Gasteiger partial charge in [0.2, 0.25) is 0 Å². The molecule has 0 radical (unpaired) electrons. The van der Waals surface area contributed by atoms with Crippen molar-refractivity contribution < 1.29 is 18.9 Å². The Morgan fingerprint density at radius 1 is 1.29 bits per heavy atom. The van der Waals surface area contributed by atoms with Crippen LogP contribution < -0.4 is 0 Å². The molecule has 0 spiro atoms. The van der Waals surface area contributed by atoms with E-state index in [4.69, 9.17) is 18.9 Å². The minimum absolute atomic E-state index is 0.259. The summed E-state index contributed by atoms with van der Waals surface area (Å²) in [5.41, 5.74) is 1.94. The lowest BCUT2D eigenvalue weighted by atomic mass is 10.0. The Kier molecular flexibility index (Phi) is 6.14. The van der Waals surface area contributed by atoms with E-state index < -0.39 is 6.29 Å². The van der Waals surface area contributed by atoms with Gasteiger partial charge < -0.3 is 18.9 Å². The summed E-state index contributed by atoms with van der Waals surface area (Å²) in [4.78, 5) is 0. The third-order valence-corrected chi connectivity index (χ3v) is 3.31. The predicted octanol–water partition coefficient (Wildman–Crippen LogP) is 2.70. The van der Waals surface area contributed by atoms with Crippen LogP contribution in [0, 0.1) is 0 Å². The van der Waals surface area contributed by atoms with Crippen LogP contribution in [-0.4, -0.2) is 38.8 Å². The van der Waals surface area contributed by atoms with Crippen LogP contribution in [0.3, 0.4) is 0 Å². The largest absolute Gasteiger partial charge is 0.367 e. The van der Waals surface area contributed by atoms with Gasteiger partial charge in [-0.3, -0.25) is 0 Å². The molecule has 1 aliphatic heterocycles. The maximum absolute atomic E-state index is 5.98. The van der Waals surface area contributed by atoms with Crippen molar-refractivity contribution in [2.24, 2.45) is 0 Å². The van der Waals surface area contributed by atoms with E-state index >= 15 is 0 Å². The molecule has 3 atom stereocenters. The van der Waals surface area contributed by atoms with Gasteiger partial charge in [0.1, 0.15) is 12.2 Å². The van der Waals surface area contributed by atoms with E-state index in [1.807, 2.05) is 30.3 Å². The summed E-state index contributed by atoms with van der Waals surface area (Å²) in [6.07, 6.45) is 0.634. The molecular formula is C17H22O4. The second kappa shape index (κ2) is 8.10. The molecule has 0 aliphatic carbocycles. The third-order valence-electron chi connectivity index (χ3n) is 3.31. The minimum Gasteiger partial charge on any atom is -0.367 e. The molecule has 1 aliphatic rings. The van der Waals surface area contributed by atoms with E-state index in [9.17, 15) is 0 Å². The standard InChI is InChI=1S/C17H22O4/c1-4-10-19-15-13(2)11-21-17(18-3)16(15)20-12-14-8-6-5-7-9-14/h4-9,15-17H,1-2,10-12H2,3H3/t15-,16+,17-/m1/s1. The van der Waals surface area contributed by atoms with Crippen molar-refractivity contribution in [1.82, 2.24) is 0 Å². The first kappa shape index (κ1) is 15.9. The normalized spacial score (nSPS) is 25.8. The Hall–Kier alpha value is -1.46. The lowest BCUT2D eigenvalue weighted by Crippen LogP contribution is -2.49. The number of hydrogen-bond acceptors (Lipinski definition) is 4. The zero-order chi connectivity index (χ0) is 15.1. The van der Waals surface area contributed by atoms with Crippen LogP contribution in [0.25, 0.3) is 0 Å². The van der Waals surface area contributed by atoms with E-state index in [0.717, 1.165) is 11.1 Å². The topological polar surface area (TPSA) is 36.9 Å². The Morgan fingerprint density at radius 3 is 2.71 bits per heavy atom. The second-order valence-electron chi connectivity index (χ2n) is 4.88. The molecule has 1 aromatic carbocycles. The zero-order valence-electron chi connectivity index (χ0n) is 12.4. The van der Waals surface area contributed by atoms with Crippen molar-refractivity contribution in [3.63, 3.8) is 0 Å². The van der Waals surface area contributed by atoms with Crippen molar-refractivity contribution in [2.75, 3.05) is 20.3 Å². The van der Waals surface area contributed by atoms with Crippen LogP contribution in [-0.2, 0) is 25.6 Å². The maximum Gasteiger partial charge on any atom is 0.186 e. The van der Waals surface area contributed by atoms with E-state index in [1.54, 1.807) is 13.2 Å². The van der Waals surface area contributed by atoms with Gasteiger partial charge in [0, 0.05) is 7.11 Å². The van der Waals surface area contributed by atoms with Crippen LogP contribution in [0.15, 0.2) is 55.1 Å². The van der Waals surface area contributed by atoms with Gasteiger partial charge in [0.15, 0.2) is 6.29 Å². The summed E-state index contributed by atoms with van der Waals surface area (Å²) < 4.78 is 22.7. The Balaban J connectivity index is 2.04. The number of hydrogen-bond donors (Lipinski definition) is 0. The molecule has 0 saturated carbocycles. The van der Waals surface area contributed by atoms with Gasteiger partial charge in [-0.1, -0.05) is 43.0 Å². The summed E-state index contributed by atoms with van der Waals surface area (Å²) >= 11 is 0. The van der Waals surface area contributed by atoms with Crippen molar-refractivity contribution in [1.29, 1.82) is 0 Å². The highest BCUT2D eigenvalue weighted by Gasteiger charge is 2.38. The second-order valence-corrected chi connectivity index (χ2v) is 4.88. The van der Waals surface area contributed by atoms with Crippen molar-refractivity contribution in [3.8, 4) is 0 Å². The van der Waals surface area contributed by atoms with Gasteiger partial charge in [0.25, 0.3) is 0 Å². The molecule has 1 saturated heterocycles. The predicted molar refractivity (Wildman–Crippen MR) is 80.8 cm³/mol. The molecule has 4 heteroatoms. The maximum atomic E-state index is 5.98. The van der Waals surface area contributed by atoms with E-state index in [0.29, 0.717) is 19.8 Å². The van der Waals surface area contributed by atoms with Gasteiger partial charge in [-0.05, 0) is 11.1 Å². The van der Waals surface area contributed by atoms with Gasteiger partial charge in [-0.15, -0.1) is 6.58 Å². The number of rotatable bonds is 7.